The predicted octanol–water partition coefficient (Wildman–Crippen LogP) is 4.29. The van der Waals surface area contributed by atoms with E-state index in [0.29, 0.717) is 6.07 Å². The number of benzene rings is 1. The first-order chi connectivity index (χ1) is 10.5. The zero-order valence-electron chi connectivity index (χ0n) is 11.5. The number of alkyl halides is 6. The van der Waals surface area contributed by atoms with Gasteiger partial charge in [0.2, 0.25) is 0 Å². The molecule has 10 heteroatoms. The summed E-state index contributed by atoms with van der Waals surface area (Å²) in [6.45, 7) is 1.33. The maximum Gasteiger partial charge on any atom is 0.446 e. The summed E-state index contributed by atoms with van der Waals surface area (Å²) in [5, 5.41) is 8.78. The fourth-order valence-electron chi connectivity index (χ4n) is 1.77. The Morgan fingerprint density at radius 1 is 1.26 bits per heavy atom. The van der Waals surface area contributed by atoms with Gasteiger partial charge in [0.1, 0.15) is 0 Å². The zero-order chi connectivity index (χ0) is 17.8. The second-order valence-electron chi connectivity index (χ2n) is 4.15. The summed E-state index contributed by atoms with van der Waals surface area (Å²) in [5.74, 6) is -1.03. The molecule has 0 saturated carbocycles. The van der Waals surface area contributed by atoms with Crippen molar-refractivity contribution in [3.63, 3.8) is 0 Å². The number of thioether (sulfide) groups is 1. The molecule has 0 aliphatic carbocycles. The van der Waals surface area contributed by atoms with Crippen LogP contribution in [0.4, 0.5) is 26.3 Å². The Kier molecular flexibility index (Phi) is 5.93. The lowest BCUT2D eigenvalue weighted by atomic mass is 10.0. The van der Waals surface area contributed by atoms with Crippen molar-refractivity contribution in [1.82, 2.24) is 0 Å². The van der Waals surface area contributed by atoms with E-state index in [9.17, 15) is 31.1 Å². The van der Waals surface area contributed by atoms with Crippen molar-refractivity contribution in [1.29, 1.82) is 5.26 Å². The molecule has 0 aliphatic rings. The van der Waals surface area contributed by atoms with E-state index in [0.717, 1.165) is 6.07 Å². The first-order valence-corrected chi connectivity index (χ1v) is 6.85. The molecule has 3 nitrogen and oxygen atoms in total. The molecule has 0 heterocycles. The molecule has 23 heavy (non-hydrogen) atoms. The average Bonchev–Trinajstić information content (AvgIpc) is 2.34. The number of hydrogen-bond donors (Lipinski definition) is 0. The number of halogens is 6. The van der Waals surface area contributed by atoms with E-state index < -0.39 is 57.4 Å². The summed E-state index contributed by atoms with van der Waals surface area (Å²) in [4.78, 5) is 10.2. The molecular weight excluding hydrogens is 348 g/mol. The van der Waals surface area contributed by atoms with Gasteiger partial charge in [-0.05, 0) is 36.4 Å². The van der Waals surface area contributed by atoms with Crippen LogP contribution in [0.15, 0.2) is 17.0 Å². The van der Waals surface area contributed by atoms with Crippen molar-refractivity contribution in [2.75, 3.05) is 6.61 Å². The first kappa shape index (κ1) is 19.2. The normalized spacial score (nSPS) is 11.9. The van der Waals surface area contributed by atoms with Gasteiger partial charge < -0.3 is 4.74 Å². The molecule has 0 fully saturated rings. The van der Waals surface area contributed by atoms with Gasteiger partial charge in [-0.15, -0.1) is 0 Å². The van der Waals surface area contributed by atoms with Crippen molar-refractivity contribution in [2.24, 2.45) is 0 Å². The molecule has 0 N–H and O–H groups in total. The average molecular weight is 357 g/mol. The Morgan fingerprint density at radius 3 is 2.30 bits per heavy atom. The van der Waals surface area contributed by atoms with Crippen LogP contribution in [0.25, 0.3) is 0 Å². The van der Waals surface area contributed by atoms with Crippen molar-refractivity contribution in [3.05, 3.63) is 28.8 Å². The van der Waals surface area contributed by atoms with E-state index in [1.807, 2.05) is 0 Å². The molecule has 0 atom stereocenters. The van der Waals surface area contributed by atoms with Crippen LogP contribution >= 0.6 is 11.8 Å². The number of nitrogens with zero attached hydrogens (tertiary/aromatic N) is 1. The van der Waals surface area contributed by atoms with Gasteiger partial charge in [0.05, 0.1) is 30.2 Å². The molecule has 0 unspecified atom stereocenters. The second kappa shape index (κ2) is 7.12. The third-order valence-corrected chi connectivity index (χ3v) is 3.24. The second-order valence-corrected chi connectivity index (χ2v) is 5.25. The molecule has 1 rings (SSSR count). The highest BCUT2D eigenvalue weighted by molar-refractivity contribution is 8.00. The predicted molar refractivity (Wildman–Crippen MR) is 68.4 cm³/mol. The minimum atomic E-state index is -5.12. The summed E-state index contributed by atoms with van der Waals surface area (Å²) in [6.07, 6.45) is -6.01. The van der Waals surface area contributed by atoms with Gasteiger partial charge in [-0.3, -0.25) is 4.79 Å². The Hall–Kier alpha value is -1.89. The van der Waals surface area contributed by atoms with Crippen LogP contribution in [0.3, 0.4) is 0 Å². The molecule has 1 aromatic rings. The first-order valence-electron chi connectivity index (χ1n) is 6.03. The van der Waals surface area contributed by atoms with Crippen LogP contribution in [0.5, 0.6) is 0 Å². The number of esters is 1. The van der Waals surface area contributed by atoms with E-state index >= 15 is 0 Å². The number of carbonyl (C=O) groups is 1. The van der Waals surface area contributed by atoms with Gasteiger partial charge in [-0.2, -0.15) is 31.6 Å². The lowest BCUT2D eigenvalue weighted by molar-refractivity contribution is -0.144. The monoisotopic (exact) mass is 357 g/mol. The fraction of sp³-hybridized carbons (Fsp3) is 0.385. The highest BCUT2D eigenvalue weighted by atomic mass is 32.2. The van der Waals surface area contributed by atoms with Gasteiger partial charge in [-0.25, -0.2) is 0 Å². The largest absolute Gasteiger partial charge is 0.466 e. The minimum Gasteiger partial charge on any atom is -0.466 e. The van der Waals surface area contributed by atoms with E-state index in [4.69, 9.17) is 5.26 Å². The Balaban J connectivity index is 3.49. The van der Waals surface area contributed by atoms with Crippen molar-refractivity contribution < 1.29 is 35.9 Å². The molecule has 0 aromatic heterocycles. The van der Waals surface area contributed by atoms with Crippen LogP contribution in [-0.2, 0) is 22.1 Å². The van der Waals surface area contributed by atoms with Crippen molar-refractivity contribution in [2.45, 2.75) is 29.9 Å². The maximum absolute atomic E-state index is 13.1. The van der Waals surface area contributed by atoms with Crippen LogP contribution < -0.4 is 0 Å². The zero-order valence-corrected chi connectivity index (χ0v) is 12.3. The number of hydrogen-bond acceptors (Lipinski definition) is 4. The number of nitriles is 1. The van der Waals surface area contributed by atoms with Crippen molar-refractivity contribution >= 4 is 17.7 Å². The summed E-state index contributed by atoms with van der Waals surface area (Å²) in [6, 6.07) is 2.71. The van der Waals surface area contributed by atoms with Crippen LogP contribution in [0.2, 0.25) is 0 Å². The summed E-state index contributed by atoms with van der Waals surface area (Å²) >= 11 is -0.985. The van der Waals surface area contributed by atoms with Gasteiger partial charge >= 0.3 is 17.7 Å². The highest BCUT2D eigenvalue weighted by Gasteiger charge is 2.41. The molecule has 126 valence electrons. The number of ether oxygens (including phenoxy) is 1. The highest BCUT2D eigenvalue weighted by Crippen LogP contribution is 2.45. The van der Waals surface area contributed by atoms with Crippen LogP contribution in [0, 0.1) is 11.3 Å². The molecule has 0 saturated heterocycles. The summed E-state index contributed by atoms with van der Waals surface area (Å²) < 4.78 is 81.4. The molecule has 1 aromatic carbocycles. The Bertz CT molecular complexity index is 633. The fourth-order valence-corrected chi connectivity index (χ4v) is 2.56. The lowest BCUT2D eigenvalue weighted by Gasteiger charge is -2.18. The molecule has 0 aliphatic heterocycles. The molecule has 0 radical (unpaired) electrons. The van der Waals surface area contributed by atoms with Crippen LogP contribution in [-0.4, -0.2) is 18.1 Å². The molecule has 0 amide bonds. The summed E-state index contributed by atoms with van der Waals surface area (Å²) in [7, 11) is 0. The summed E-state index contributed by atoms with van der Waals surface area (Å²) in [5.41, 5.74) is -7.72. The Labute approximate surface area is 131 Å². The van der Waals surface area contributed by atoms with Gasteiger partial charge in [0.15, 0.2) is 0 Å². The van der Waals surface area contributed by atoms with E-state index in [1.54, 1.807) is 0 Å². The maximum atomic E-state index is 13.1. The quantitative estimate of drug-likeness (QED) is 0.458. The third kappa shape index (κ3) is 5.67. The van der Waals surface area contributed by atoms with Crippen molar-refractivity contribution in [3.8, 4) is 6.07 Å². The number of carbonyl (C=O) groups excluding carboxylic acids is 1. The topological polar surface area (TPSA) is 50.1 Å². The lowest BCUT2D eigenvalue weighted by Crippen LogP contribution is -2.17. The minimum absolute atomic E-state index is 0.0950. The number of rotatable bonds is 4. The van der Waals surface area contributed by atoms with Gasteiger partial charge in [0, 0.05) is 4.90 Å². The molecule has 0 bridgehead atoms. The standard InChI is InChI=1S/C13H9F6NO2S/c1-2-22-10(21)5-8-3-7(6-20)4-9(23-13(17,18)19)11(8)12(14,15)16/h3-4H,2,5H2,1H3. The van der Waals surface area contributed by atoms with Gasteiger partial charge in [-0.1, -0.05) is 0 Å². The molecular formula is C13H9F6NO2S. The third-order valence-electron chi connectivity index (χ3n) is 2.46. The van der Waals surface area contributed by atoms with Crippen LogP contribution in [0.1, 0.15) is 23.6 Å². The SMILES string of the molecule is CCOC(=O)Cc1cc(C#N)cc(SC(F)(F)F)c1C(F)(F)F. The van der Waals surface area contributed by atoms with E-state index in [1.165, 1.54) is 13.0 Å². The molecule has 0 spiro atoms. The van der Waals surface area contributed by atoms with Gasteiger partial charge in [0.25, 0.3) is 0 Å². The Morgan fingerprint density at radius 2 is 1.87 bits per heavy atom. The van der Waals surface area contributed by atoms with E-state index in [-0.39, 0.29) is 6.61 Å². The smallest absolute Gasteiger partial charge is 0.446 e. The van der Waals surface area contributed by atoms with E-state index in [2.05, 4.69) is 4.74 Å².